The molecule has 3 aliphatic heterocycles. The monoisotopic (exact) mass is 546 g/mol. The standard InChI is InChI=1S/C28H42N4O7/c1-2-3-9-30(10-5-4-8-29)25(35)16-32-14-21(19-12-20(17-33)27-23(13-19)38-18-39-27)26(28(36)37)22(32)15-31-11-6-7-24(31)34/h12-13,21-22,26,33H,2-11,14-18,29H2,1H3,(H,36,37)/t21-,22+,26-/m1/s1. The van der Waals surface area contributed by atoms with E-state index in [4.69, 9.17) is 15.2 Å². The lowest BCUT2D eigenvalue weighted by Crippen LogP contribution is -2.49. The van der Waals surface area contributed by atoms with E-state index < -0.39 is 23.8 Å². The normalized spacial score (nSPS) is 22.6. The molecule has 0 saturated carbocycles. The Morgan fingerprint density at radius 3 is 2.64 bits per heavy atom. The largest absolute Gasteiger partial charge is 0.481 e. The molecule has 11 heteroatoms. The van der Waals surface area contributed by atoms with E-state index in [9.17, 15) is 24.6 Å². The number of likely N-dealkylation sites (tertiary alicyclic amines) is 2. The summed E-state index contributed by atoms with van der Waals surface area (Å²) < 4.78 is 11.1. The van der Waals surface area contributed by atoms with Crippen LogP contribution in [0.1, 0.15) is 62.5 Å². The van der Waals surface area contributed by atoms with Gasteiger partial charge in [0.15, 0.2) is 11.5 Å². The molecular weight excluding hydrogens is 504 g/mol. The van der Waals surface area contributed by atoms with E-state index in [1.54, 1.807) is 17.0 Å². The van der Waals surface area contributed by atoms with Crippen molar-refractivity contribution in [1.29, 1.82) is 0 Å². The van der Waals surface area contributed by atoms with Gasteiger partial charge in [-0.1, -0.05) is 13.3 Å². The molecule has 0 unspecified atom stereocenters. The number of aliphatic hydroxyl groups excluding tert-OH is 1. The lowest BCUT2D eigenvalue weighted by Gasteiger charge is -2.32. The molecule has 3 aliphatic rings. The minimum absolute atomic E-state index is 0.0193. The first-order valence-corrected chi connectivity index (χ1v) is 14.1. The van der Waals surface area contributed by atoms with Crippen molar-refractivity contribution < 1.29 is 34.1 Å². The third-order valence-electron chi connectivity index (χ3n) is 8.14. The van der Waals surface area contributed by atoms with Crippen LogP contribution in [0.15, 0.2) is 12.1 Å². The summed E-state index contributed by atoms with van der Waals surface area (Å²) >= 11 is 0. The second-order valence-electron chi connectivity index (χ2n) is 10.7. The Bertz CT molecular complexity index is 1040. The third kappa shape index (κ3) is 6.64. The summed E-state index contributed by atoms with van der Waals surface area (Å²) in [7, 11) is 0. The van der Waals surface area contributed by atoms with E-state index in [-0.39, 0.29) is 38.3 Å². The molecule has 1 aromatic carbocycles. The molecule has 0 aliphatic carbocycles. The zero-order valence-corrected chi connectivity index (χ0v) is 22.8. The van der Waals surface area contributed by atoms with Crippen molar-refractivity contribution in [2.24, 2.45) is 11.7 Å². The van der Waals surface area contributed by atoms with Crippen molar-refractivity contribution >= 4 is 17.8 Å². The molecule has 2 saturated heterocycles. The van der Waals surface area contributed by atoms with Gasteiger partial charge >= 0.3 is 5.97 Å². The van der Waals surface area contributed by atoms with Gasteiger partial charge < -0.3 is 35.2 Å². The number of aliphatic hydroxyl groups is 1. The van der Waals surface area contributed by atoms with Gasteiger partial charge in [0.1, 0.15) is 0 Å². The number of fused-ring (bicyclic) bond motifs is 1. The van der Waals surface area contributed by atoms with Gasteiger partial charge in [-0.05, 0) is 49.9 Å². The van der Waals surface area contributed by atoms with Gasteiger partial charge in [0.2, 0.25) is 18.6 Å². The smallest absolute Gasteiger partial charge is 0.308 e. The molecule has 0 aromatic heterocycles. The predicted octanol–water partition coefficient (Wildman–Crippen LogP) is 1.37. The van der Waals surface area contributed by atoms with Crippen molar-refractivity contribution in [3.63, 3.8) is 0 Å². The summed E-state index contributed by atoms with van der Waals surface area (Å²) in [4.78, 5) is 44.4. The number of hydrogen-bond acceptors (Lipinski definition) is 8. The summed E-state index contributed by atoms with van der Waals surface area (Å²) in [6, 6.07) is 3.03. The Balaban J connectivity index is 1.63. The van der Waals surface area contributed by atoms with Crippen LogP contribution in [0.5, 0.6) is 11.5 Å². The van der Waals surface area contributed by atoms with Gasteiger partial charge in [-0.2, -0.15) is 0 Å². The van der Waals surface area contributed by atoms with E-state index in [1.807, 2.05) is 9.80 Å². The van der Waals surface area contributed by atoms with Crippen molar-refractivity contribution in [2.45, 2.75) is 64.0 Å². The number of amides is 2. The first kappa shape index (κ1) is 29.1. The zero-order valence-electron chi connectivity index (χ0n) is 22.8. The number of rotatable bonds is 14. The van der Waals surface area contributed by atoms with Crippen LogP contribution < -0.4 is 15.2 Å². The lowest BCUT2D eigenvalue weighted by molar-refractivity contribution is -0.144. The first-order chi connectivity index (χ1) is 18.9. The number of benzene rings is 1. The molecule has 0 spiro atoms. The van der Waals surface area contributed by atoms with Crippen molar-refractivity contribution in [3.8, 4) is 11.5 Å². The Morgan fingerprint density at radius 2 is 1.97 bits per heavy atom. The van der Waals surface area contributed by atoms with Gasteiger partial charge in [-0.3, -0.25) is 19.3 Å². The number of carboxylic acid groups (broad SMARTS) is 1. The Hall–Kier alpha value is -2.89. The molecule has 11 nitrogen and oxygen atoms in total. The Labute approximate surface area is 229 Å². The molecule has 39 heavy (non-hydrogen) atoms. The molecule has 0 bridgehead atoms. The maximum atomic E-state index is 13.6. The third-order valence-corrected chi connectivity index (χ3v) is 8.14. The molecule has 216 valence electrons. The molecule has 3 heterocycles. The van der Waals surface area contributed by atoms with E-state index in [1.165, 1.54) is 0 Å². The molecular formula is C28H42N4O7. The number of carbonyl (C=O) groups excluding carboxylic acids is 2. The maximum Gasteiger partial charge on any atom is 0.308 e. The van der Waals surface area contributed by atoms with Crippen LogP contribution in [-0.4, -0.2) is 101 Å². The number of aliphatic carboxylic acids is 1. The van der Waals surface area contributed by atoms with E-state index in [2.05, 4.69) is 6.92 Å². The van der Waals surface area contributed by atoms with E-state index >= 15 is 0 Å². The van der Waals surface area contributed by atoms with E-state index in [0.29, 0.717) is 61.8 Å². The number of unbranched alkanes of at least 4 members (excludes halogenated alkanes) is 2. The number of nitrogens with two attached hydrogens (primary N) is 1. The number of carbonyl (C=O) groups is 3. The Kier molecular flexibility index (Phi) is 10.0. The molecule has 4 rings (SSSR count). The van der Waals surface area contributed by atoms with Crippen LogP contribution in [0.2, 0.25) is 0 Å². The van der Waals surface area contributed by atoms with Crippen molar-refractivity contribution in [3.05, 3.63) is 23.3 Å². The average molecular weight is 547 g/mol. The highest BCUT2D eigenvalue weighted by molar-refractivity contribution is 5.80. The fraction of sp³-hybridized carbons (Fsp3) is 0.679. The minimum Gasteiger partial charge on any atom is -0.481 e. The van der Waals surface area contributed by atoms with Gasteiger partial charge in [0.05, 0.1) is 19.1 Å². The van der Waals surface area contributed by atoms with Gasteiger partial charge in [0, 0.05) is 56.7 Å². The topological polar surface area (TPSA) is 146 Å². The maximum absolute atomic E-state index is 13.6. The summed E-state index contributed by atoms with van der Waals surface area (Å²) in [5.41, 5.74) is 6.92. The highest BCUT2D eigenvalue weighted by Gasteiger charge is 2.49. The van der Waals surface area contributed by atoms with Crippen LogP contribution in [0, 0.1) is 5.92 Å². The van der Waals surface area contributed by atoms with Gasteiger partial charge in [-0.25, -0.2) is 0 Å². The minimum atomic E-state index is -0.972. The predicted molar refractivity (Wildman–Crippen MR) is 143 cm³/mol. The van der Waals surface area contributed by atoms with Crippen LogP contribution in [0.3, 0.4) is 0 Å². The van der Waals surface area contributed by atoms with E-state index in [0.717, 1.165) is 32.1 Å². The molecule has 2 fully saturated rings. The van der Waals surface area contributed by atoms with Gasteiger partial charge in [-0.15, -0.1) is 0 Å². The zero-order chi connectivity index (χ0) is 27.9. The Morgan fingerprint density at radius 1 is 1.18 bits per heavy atom. The quantitative estimate of drug-likeness (QED) is 0.295. The highest BCUT2D eigenvalue weighted by atomic mass is 16.7. The first-order valence-electron chi connectivity index (χ1n) is 14.1. The molecule has 1 aromatic rings. The number of nitrogens with zero attached hydrogens (tertiary/aromatic N) is 3. The van der Waals surface area contributed by atoms with Crippen LogP contribution >= 0.6 is 0 Å². The molecule has 4 N–H and O–H groups in total. The summed E-state index contributed by atoms with van der Waals surface area (Å²) in [6.45, 7) is 4.96. The fourth-order valence-corrected chi connectivity index (χ4v) is 6.05. The summed E-state index contributed by atoms with van der Waals surface area (Å²) in [5, 5.41) is 20.4. The van der Waals surface area contributed by atoms with Crippen LogP contribution in [0.4, 0.5) is 0 Å². The van der Waals surface area contributed by atoms with Crippen LogP contribution in [-0.2, 0) is 21.0 Å². The lowest BCUT2D eigenvalue weighted by atomic mass is 9.84. The molecule has 2 amide bonds. The van der Waals surface area contributed by atoms with Crippen LogP contribution in [0.25, 0.3) is 0 Å². The number of hydrogen-bond donors (Lipinski definition) is 3. The fourth-order valence-electron chi connectivity index (χ4n) is 6.05. The van der Waals surface area contributed by atoms with Crippen molar-refractivity contribution in [1.82, 2.24) is 14.7 Å². The SMILES string of the molecule is CCCCN(CCCCN)C(=O)CN1C[C@H](c2cc(CO)c3c(c2)OCO3)[C@@H](C(=O)O)[C@@H]1CN1CCCC1=O. The average Bonchev–Trinajstić information content (AvgIpc) is 3.65. The summed E-state index contributed by atoms with van der Waals surface area (Å²) in [5.74, 6) is -1.34. The molecule has 0 radical (unpaired) electrons. The molecule has 3 atom stereocenters. The number of ether oxygens (including phenoxy) is 2. The second-order valence-corrected chi connectivity index (χ2v) is 10.7. The second kappa shape index (κ2) is 13.5. The van der Waals surface area contributed by atoms with Crippen molar-refractivity contribution in [2.75, 3.05) is 52.6 Å². The highest BCUT2D eigenvalue weighted by Crippen LogP contribution is 2.44. The van der Waals surface area contributed by atoms with Gasteiger partial charge in [0.25, 0.3) is 0 Å². The summed E-state index contributed by atoms with van der Waals surface area (Å²) in [6.07, 6.45) is 4.71. The number of carboxylic acids is 1.